The summed E-state index contributed by atoms with van der Waals surface area (Å²) in [6, 6.07) is 0.0631. The number of nitrogens with zero attached hydrogens (tertiary/aromatic N) is 2. The molecule has 1 aromatic rings. The summed E-state index contributed by atoms with van der Waals surface area (Å²) in [6.45, 7) is 8.23. The lowest BCUT2D eigenvalue weighted by Crippen LogP contribution is -2.51. The number of rotatable bonds is 6. The van der Waals surface area contributed by atoms with Gasteiger partial charge in [-0.25, -0.2) is 4.98 Å². The zero-order valence-electron chi connectivity index (χ0n) is 14.1. The van der Waals surface area contributed by atoms with E-state index < -0.39 is 0 Å². The van der Waals surface area contributed by atoms with Crippen LogP contribution in [0.15, 0.2) is 5.51 Å². The Balaban J connectivity index is 1.78. The van der Waals surface area contributed by atoms with Gasteiger partial charge in [0, 0.05) is 25.7 Å². The Bertz CT molecular complexity index is 538. The van der Waals surface area contributed by atoms with Crippen molar-refractivity contribution in [2.75, 3.05) is 19.6 Å². The third-order valence-corrected chi connectivity index (χ3v) is 5.22. The van der Waals surface area contributed by atoms with Crippen molar-refractivity contribution < 1.29 is 9.59 Å². The number of carbonyl (C=O) groups is 2. The van der Waals surface area contributed by atoms with Gasteiger partial charge >= 0.3 is 0 Å². The number of hydrogen-bond donors (Lipinski definition) is 2. The van der Waals surface area contributed by atoms with Crippen molar-refractivity contribution in [2.45, 2.75) is 52.1 Å². The molecule has 6 nitrogen and oxygen atoms in total. The lowest BCUT2D eigenvalue weighted by molar-refractivity contribution is -0.126. The molecule has 0 bridgehead atoms. The Morgan fingerprint density at radius 2 is 2.13 bits per heavy atom. The fourth-order valence-electron chi connectivity index (χ4n) is 2.76. The van der Waals surface area contributed by atoms with E-state index in [-0.39, 0.29) is 23.9 Å². The van der Waals surface area contributed by atoms with Crippen LogP contribution in [0.25, 0.3) is 0 Å². The number of amides is 2. The Morgan fingerprint density at radius 3 is 2.70 bits per heavy atom. The molecule has 1 saturated heterocycles. The molecule has 2 rings (SSSR count). The molecule has 23 heavy (non-hydrogen) atoms. The molecule has 2 N–H and O–H groups in total. The van der Waals surface area contributed by atoms with Crippen molar-refractivity contribution in [3.8, 4) is 0 Å². The maximum Gasteiger partial charge on any atom is 0.263 e. The first kappa shape index (κ1) is 17.9. The number of piperidine rings is 1. The average molecular weight is 338 g/mol. The molecule has 0 spiro atoms. The third-order valence-electron chi connectivity index (χ3n) is 4.29. The van der Waals surface area contributed by atoms with Crippen LogP contribution in [0.2, 0.25) is 0 Å². The predicted octanol–water partition coefficient (Wildman–Crippen LogP) is 1.56. The van der Waals surface area contributed by atoms with Gasteiger partial charge in [-0.3, -0.25) is 14.5 Å². The van der Waals surface area contributed by atoms with Crippen LogP contribution in [0.1, 0.15) is 48.5 Å². The highest BCUT2D eigenvalue weighted by atomic mass is 32.1. The quantitative estimate of drug-likeness (QED) is 0.825. The fraction of sp³-hybridized carbons (Fsp3) is 0.688. The molecule has 1 unspecified atom stereocenters. The Morgan fingerprint density at radius 1 is 1.43 bits per heavy atom. The lowest BCUT2D eigenvalue weighted by Gasteiger charge is -2.35. The molecule has 1 fully saturated rings. The van der Waals surface area contributed by atoms with Crippen molar-refractivity contribution in [3.05, 3.63) is 16.1 Å². The molecule has 0 radical (unpaired) electrons. The number of aryl methyl sites for hydroxylation is 1. The second-order valence-corrected chi connectivity index (χ2v) is 6.87. The zero-order valence-corrected chi connectivity index (χ0v) is 14.9. The summed E-state index contributed by atoms with van der Waals surface area (Å²) in [5.74, 6) is 0.0619. The maximum absolute atomic E-state index is 12.2. The van der Waals surface area contributed by atoms with Crippen molar-refractivity contribution in [1.29, 1.82) is 0 Å². The van der Waals surface area contributed by atoms with Crippen LogP contribution < -0.4 is 10.6 Å². The van der Waals surface area contributed by atoms with Gasteiger partial charge < -0.3 is 10.6 Å². The van der Waals surface area contributed by atoms with Gasteiger partial charge in [0.15, 0.2) is 0 Å². The van der Waals surface area contributed by atoms with Crippen LogP contribution in [-0.2, 0) is 4.79 Å². The van der Waals surface area contributed by atoms with Crippen molar-refractivity contribution >= 4 is 23.2 Å². The van der Waals surface area contributed by atoms with Crippen LogP contribution in [0.3, 0.4) is 0 Å². The van der Waals surface area contributed by atoms with Gasteiger partial charge in [0.1, 0.15) is 4.88 Å². The van der Waals surface area contributed by atoms with Crippen LogP contribution in [0.4, 0.5) is 0 Å². The highest BCUT2D eigenvalue weighted by Crippen LogP contribution is 2.16. The van der Waals surface area contributed by atoms with E-state index in [1.54, 1.807) is 5.51 Å². The highest BCUT2D eigenvalue weighted by Gasteiger charge is 2.27. The first-order chi connectivity index (χ1) is 11.0. The standard InChI is InChI=1S/C16H26N4O2S/c1-4-7-17-15(21)12(3)20-8-5-13(6-9-20)19-16(22)14-11(2)18-10-23-14/h10,12-13H,4-9H2,1-3H3,(H,17,21)(H,19,22). The van der Waals surface area contributed by atoms with Gasteiger partial charge in [0.2, 0.25) is 5.91 Å². The molecule has 0 saturated carbocycles. The minimum atomic E-state index is -0.109. The summed E-state index contributed by atoms with van der Waals surface area (Å²) in [5.41, 5.74) is 2.48. The molecule has 7 heteroatoms. The van der Waals surface area contributed by atoms with Crippen molar-refractivity contribution in [2.24, 2.45) is 0 Å². The maximum atomic E-state index is 12.2. The summed E-state index contributed by atoms with van der Waals surface area (Å²) in [7, 11) is 0. The summed E-state index contributed by atoms with van der Waals surface area (Å²) >= 11 is 1.38. The van der Waals surface area contributed by atoms with Crippen molar-refractivity contribution in [1.82, 2.24) is 20.5 Å². The topological polar surface area (TPSA) is 74.3 Å². The van der Waals surface area contributed by atoms with Crippen LogP contribution in [0.5, 0.6) is 0 Å². The third kappa shape index (κ3) is 4.75. The molecule has 2 amide bonds. The number of likely N-dealkylation sites (tertiary alicyclic amines) is 1. The van der Waals surface area contributed by atoms with Gasteiger partial charge in [0.05, 0.1) is 17.2 Å². The second-order valence-electron chi connectivity index (χ2n) is 6.02. The van der Waals surface area contributed by atoms with Gasteiger partial charge in [-0.15, -0.1) is 11.3 Å². The number of hydrogen-bond acceptors (Lipinski definition) is 5. The van der Waals surface area contributed by atoms with Gasteiger partial charge in [-0.05, 0) is 33.1 Å². The molecule has 1 aliphatic rings. The molecule has 0 aromatic carbocycles. The first-order valence-electron chi connectivity index (χ1n) is 8.25. The largest absolute Gasteiger partial charge is 0.355 e. The average Bonchev–Trinajstić information content (AvgIpc) is 2.98. The monoisotopic (exact) mass is 338 g/mol. The fourth-order valence-corrected chi connectivity index (χ4v) is 3.47. The molecule has 2 heterocycles. The lowest BCUT2D eigenvalue weighted by atomic mass is 10.0. The molecule has 0 aliphatic carbocycles. The molecule has 1 aliphatic heterocycles. The van der Waals surface area contributed by atoms with E-state index in [2.05, 4.69) is 20.5 Å². The van der Waals surface area contributed by atoms with E-state index in [0.29, 0.717) is 4.88 Å². The SMILES string of the molecule is CCCNC(=O)C(C)N1CCC(NC(=O)c2scnc2C)CC1. The van der Waals surface area contributed by atoms with Crippen LogP contribution in [-0.4, -0.2) is 53.4 Å². The molecule has 1 aromatic heterocycles. The summed E-state index contributed by atoms with van der Waals surface area (Å²) in [4.78, 5) is 31.2. The van der Waals surface area contributed by atoms with Gasteiger partial charge in [-0.1, -0.05) is 6.92 Å². The van der Waals surface area contributed by atoms with E-state index in [4.69, 9.17) is 0 Å². The molecular weight excluding hydrogens is 312 g/mol. The highest BCUT2D eigenvalue weighted by molar-refractivity contribution is 7.11. The van der Waals surface area contributed by atoms with Crippen LogP contribution in [0, 0.1) is 6.92 Å². The first-order valence-corrected chi connectivity index (χ1v) is 9.13. The summed E-state index contributed by atoms with van der Waals surface area (Å²) in [5, 5.41) is 6.03. The van der Waals surface area contributed by atoms with E-state index in [1.807, 2.05) is 20.8 Å². The van der Waals surface area contributed by atoms with E-state index in [1.165, 1.54) is 11.3 Å². The minimum absolute atomic E-state index is 0.0304. The number of nitrogens with one attached hydrogen (secondary N) is 2. The predicted molar refractivity (Wildman–Crippen MR) is 91.7 cm³/mol. The van der Waals surface area contributed by atoms with E-state index >= 15 is 0 Å². The Kier molecular flexibility index (Phi) is 6.53. The van der Waals surface area contributed by atoms with Gasteiger partial charge in [0.25, 0.3) is 5.91 Å². The number of aromatic nitrogens is 1. The van der Waals surface area contributed by atoms with E-state index in [0.717, 1.165) is 44.6 Å². The summed E-state index contributed by atoms with van der Waals surface area (Å²) in [6.07, 6.45) is 2.69. The second kappa shape index (κ2) is 8.40. The minimum Gasteiger partial charge on any atom is -0.355 e. The zero-order chi connectivity index (χ0) is 16.8. The molecular formula is C16H26N4O2S. The smallest absolute Gasteiger partial charge is 0.263 e. The Labute approximate surface area is 141 Å². The Hall–Kier alpha value is -1.47. The summed E-state index contributed by atoms with van der Waals surface area (Å²) < 4.78 is 0. The molecule has 128 valence electrons. The normalized spacial score (nSPS) is 17.7. The molecule has 1 atom stereocenters. The van der Waals surface area contributed by atoms with E-state index in [9.17, 15) is 9.59 Å². The van der Waals surface area contributed by atoms with Crippen LogP contribution >= 0.6 is 11.3 Å². The van der Waals surface area contributed by atoms with Crippen molar-refractivity contribution in [3.63, 3.8) is 0 Å². The van der Waals surface area contributed by atoms with Gasteiger partial charge in [-0.2, -0.15) is 0 Å². The number of thiazole rings is 1. The number of carbonyl (C=O) groups excluding carboxylic acids is 2.